The van der Waals surface area contributed by atoms with E-state index in [0.717, 1.165) is 58.0 Å². The van der Waals surface area contributed by atoms with Gasteiger partial charge in [0.1, 0.15) is 17.7 Å². The van der Waals surface area contributed by atoms with Crippen LogP contribution in [0.2, 0.25) is 0 Å². The molecule has 2 aliphatic carbocycles. The maximum atomic E-state index is 14.5. The number of carbonyl (C=O) groups excluding carboxylic acids is 2. The molecule has 9 nitrogen and oxygen atoms in total. The summed E-state index contributed by atoms with van der Waals surface area (Å²) in [5, 5.41) is 11.1. The lowest BCUT2D eigenvalue weighted by molar-refractivity contribution is -0.125. The predicted octanol–water partition coefficient (Wildman–Crippen LogP) is 8.85. The molecule has 0 bridgehead atoms. The largest absolute Gasteiger partial charge is 0.497 e. The number of rotatable bonds is 10. The molecule has 2 amide bonds. The predicted molar refractivity (Wildman–Crippen MR) is 205 cm³/mol. The molecule has 0 spiro atoms. The summed E-state index contributed by atoms with van der Waals surface area (Å²) in [7, 11) is 1.70. The van der Waals surface area contributed by atoms with Gasteiger partial charge in [-0.2, -0.15) is 0 Å². The molecule has 0 aromatic carbocycles. The first kappa shape index (κ1) is 38.7. The number of hydrogen-bond acceptors (Lipinski definition) is 8. The molecule has 1 saturated heterocycles. The number of thiazole rings is 1. The van der Waals surface area contributed by atoms with Crippen LogP contribution in [0.5, 0.6) is 0 Å². The van der Waals surface area contributed by atoms with Gasteiger partial charge in [0.15, 0.2) is 0 Å². The minimum atomic E-state index is -0.623. The van der Waals surface area contributed by atoms with Crippen LogP contribution in [0, 0.1) is 17.8 Å². The number of aliphatic hydroxyl groups is 1. The topological polar surface area (TPSA) is 105 Å². The van der Waals surface area contributed by atoms with Crippen LogP contribution in [0.25, 0.3) is 10.4 Å². The number of methoxy groups -OCH3 is 1. The van der Waals surface area contributed by atoms with E-state index in [4.69, 9.17) is 19.4 Å². The summed E-state index contributed by atoms with van der Waals surface area (Å²) in [6.07, 6.45) is 13.3. The van der Waals surface area contributed by atoms with Crippen molar-refractivity contribution in [3.05, 3.63) is 65.2 Å². The number of allylic oxidation sites excluding steroid dienone is 4. The molecule has 5 rings (SSSR count). The Morgan fingerprint density at radius 2 is 1.73 bits per heavy atom. The Bertz CT molecular complexity index is 1620. The lowest BCUT2D eigenvalue weighted by Crippen LogP contribution is -2.69. The van der Waals surface area contributed by atoms with Gasteiger partial charge in [0, 0.05) is 30.3 Å². The highest BCUT2D eigenvalue weighted by Gasteiger charge is 2.49. The van der Waals surface area contributed by atoms with Crippen LogP contribution in [0.4, 0.5) is 10.6 Å². The van der Waals surface area contributed by atoms with Gasteiger partial charge in [0.25, 0.3) is 0 Å². The molecule has 2 aromatic rings. The number of aromatic nitrogens is 2. The molecule has 1 unspecified atom stereocenters. The van der Waals surface area contributed by atoms with Gasteiger partial charge >= 0.3 is 6.09 Å². The van der Waals surface area contributed by atoms with E-state index < -0.39 is 11.6 Å². The summed E-state index contributed by atoms with van der Waals surface area (Å²) < 4.78 is 11.4. The van der Waals surface area contributed by atoms with Crippen molar-refractivity contribution in [3.8, 4) is 10.4 Å². The first-order valence-corrected chi connectivity index (χ1v) is 19.4. The van der Waals surface area contributed by atoms with Gasteiger partial charge in [0.2, 0.25) is 5.91 Å². The Labute approximate surface area is 308 Å². The number of amides is 2. The average Bonchev–Trinajstić information content (AvgIpc) is 3.62. The molecule has 2 aromatic heterocycles. The maximum Gasteiger partial charge on any atom is 0.410 e. The molecule has 3 heterocycles. The fraction of sp³-hybridized carbons (Fsp3) is 0.610. The Balaban J connectivity index is 1.28. The minimum Gasteiger partial charge on any atom is -0.497 e. The molecular formula is C41H58N4O5S. The van der Waals surface area contributed by atoms with E-state index in [9.17, 15) is 14.7 Å². The van der Waals surface area contributed by atoms with E-state index in [2.05, 4.69) is 33.4 Å². The molecule has 2 saturated carbocycles. The molecule has 3 aliphatic rings. The van der Waals surface area contributed by atoms with Crippen molar-refractivity contribution in [2.75, 3.05) is 25.1 Å². The molecule has 0 radical (unpaired) electrons. The van der Waals surface area contributed by atoms with Crippen LogP contribution >= 0.6 is 11.3 Å². The zero-order valence-corrected chi connectivity index (χ0v) is 32.7. The van der Waals surface area contributed by atoms with Crippen molar-refractivity contribution in [2.45, 2.75) is 123 Å². The van der Waals surface area contributed by atoms with Gasteiger partial charge < -0.3 is 14.6 Å². The fourth-order valence-electron chi connectivity index (χ4n) is 7.36. The fourth-order valence-corrected chi connectivity index (χ4v) is 8.33. The number of hydrogen-bond donors (Lipinski definition) is 1. The standard InChI is InChI=1S/C41H58N4O5S/c1-26(2)33(49-9)19-10-27(3)29-13-11-28(12-14-29)24-44(36-22-31(20-21-42-36)34-23-43-38(51-34)40(4,5)6)37(47)30-15-17-32(18-16-30)50-39(48)45-25-35(46)41(45,7)8/h10,19-23,28-30,32,35,46H,3,11-18,24-25H2,1-2,4-9H3/b19-10-/t28-,29-,30-,32-,35?. The second kappa shape index (κ2) is 16.0. The Morgan fingerprint density at radius 3 is 2.29 bits per heavy atom. The zero-order chi connectivity index (χ0) is 37.1. The van der Waals surface area contributed by atoms with Gasteiger partial charge in [-0.05, 0) is 120 Å². The van der Waals surface area contributed by atoms with Gasteiger partial charge in [-0.15, -0.1) is 11.3 Å². The average molecular weight is 719 g/mol. The normalized spacial score (nSPS) is 24.8. The van der Waals surface area contributed by atoms with Crippen molar-refractivity contribution in [3.63, 3.8) is 0 Å². The smallest absolute Gasteiger partial charge is 0.410 e. The number of nitrogens with zero attached hydrogens (tertiary/aromatic N) is 4. The number of ether oxygens (including phenoxy) is 2. The second-order valence-electron chi connectivity index (χ2n) is 16.5. The maximum absolute atomic E-state index is 14.5. The molecule has 3 fully saturated rings. The Kier molecular flexibility index (Phi) is 12.2. The van der Waals surface area contributed by atoms with E-state index in [1.165, 1.54) is 0 Å². The first-order valence-electron chi connectivity index (χ1n) is 18.6. The Hall–Kier alpha value is -3.50. The summed E-state index contributed by atoms with van der Waals surface area (Å²) in [6, 6.07) is 4.04. The van der Waals surface area contributed by atoms with E-state index in [-0.39, 0.29) is 36.0 Å². The minimum absolute atomic E-state index is 0.0433. The van der Waals surface area contributed by atoms with Crippen molar-refractivity contribution in [1.29, 1.82) is 0 Å². The number of β-amino-alcohol motifs (C(OH)–C–C–N with tert-alkyl or cyclic N) is 1. The van der Waals surface area contributed by atoms with Crippen LogP contribution in [-0.2, 0) is 19.7 Å². The lowest BCUT2D eigenvalue weighted by atomic mass is 9.78. The molecule has 1 N–H and O–H groups in total. The highest BCUT2D eigenvalue weighted by molar-refractivity contribution is 7.15. The van der Waals surface area contributed by atoms with E-state index in [1.54, 1.807) is 29.5 Å². The molecule has 1 atom stereocenters. The van der Waals surface area contributed by atoms with Crippen molar-refractivity contribution in [2.24, 2.45) is 17.8 Å². The zero-order valence-electron chi connectivity index (χ0n) is 31.9. The van der Waals surface area contributed by atoms with Crippen molar-refractivity contribution in [1.82, 2.24) is 14.9 Å². The van der Waals surface area contributed by atoms with Gasteiger partial charge in [-0.3, -0.25) is 14.6 Å². The van der Waals surface area contributed by atoms with Crippen LogP contribution in [0.3, 0.4) is 0 Å². The lowest BCUT2D eigenvalue weighted by Gasteiger charge is -2.51. The third kappa shape index (κ3) is 9.12. The summed E-state index contributed by atoms with van der Waals surface area (Å²) in [5.41, 5.74) is 2.60. The first-order chi connectivity index (χ1) is 24.1. The van der Waals surface area contributed by atoms with Crippen molar-refractivity contribution < 1.29 is 24.2 Å². The molecule has 10 heteroatoms. The highest BCUT2D eigenvalue weighted by Crippen LogP contribution is 2.38. The van der Waals surface area contributed by atoms with Gasteiger partial charge in [-0.25, -0.2) is 14.8 Å². The number of anilines is 1. The summed E-state index contributed by atoms with van der Waals surface area (Å²) >= 11 is 1.68. The number of carbonyl (C=O) groups is 2. The SMILES string of the molecule is C=C(/C=C\C(OC)=C(C)C)[C@H]1CC[C@H](CN(c2cc(-c3cnc(C(C)(C)C)s3)ccn2)C(=O)[C@H]2CC[C@H](OC(=O)N3CC(O)C3(C)C)CC2)CC1. The van der Waals surface area contributed by atoms with Crippen LogP contribution in [0.1, 0.15) is 105 Å². The van der Waals surface area contributed by atoms with Crippen molar-refractivity contribution >= 4 is 29.2 Å². The number of aliphatic hydroxyl groups excluding tert-OH is 1. The second-order valence-corrected chi connectivity index (χ2v) is 17.5. The third-order valence-corrected chi connectivity index (χ3v) is 12.5. The summed E-state index contributed by atoms with van der Waals surface area (Å²) in [4.78, 5) is 41.4. The molecule has 278 valence electrons. The third-order valence-electron chi connectivity index (χ3n) is 11.1. The van der Waals surface area contributed by atoms with Crippen LogP contribution in [0.15, 0.2) is 60.2 Å². The molecule has 1 aliphatic heterocycles. The quantitative estimate of drug-likeness (QED) is 0.193. The van der Waals surface area contributed by atoms with Crippen LogP contribution < -0.4 is 4.90 Å². The molecule has 51 heavy (non-hydrogen) atoms. The number of likely N-dealkylation sites (tertiary alicyclic amines) is 1. The van der Waals surface area contributed by atoms with E-state index in [1.807, 2.05) is 57.0 Å². The molecular weight excluding hydrogens is 661 g/mol. The monoisotopic (exact) mass is 718 g/mol. The van der Waals surface area contributed by atoms with E-state index in [0.29, 0.717) is 49.9 Å². The van der Waals surface area contributed by atoms with Gasteiger partial charge in [0.05, 0.1) is 35.2 Å². The number of pyridine rings is 1. The summed E-state index contributed by atoms with van der Waals surface area (Å²) in [5.74, 6) is 2.23. The Morgan fingerprint density at radius 1 is 1.06 bits per heavy atom. The highest BCUT2D eigenvalue weighted by atomic mass is 32.1. The van der Waals surface area contributed by atoms with Crippen LogP contribution in [-0.4, -0.2) is 69.9 Å². The summed E-state index contributed by atoms with van der Waals surface area (Å²) in [6.45, 7) is 19.6. The van der Waals surface area contributed by atoms with Gasteiger partial charge in [-0.1, -0.05) is 39.0 Å². The van der Waals surface area contributed by atoms with E-state index >= 15 is 0 Å².